The molecular weight excluding hydrogens is 344 g/mol. The van der Waals surface area contributed by atoms with E-state index in [0.717, 1.165) is 25.5 Å². The third kappa shape index (κ3) is 16.4. The Labute approximate surface area is 168 Å². The first-order valence-electron chi connectivity index (χ1n) is 11.7. The summed E-state index contributed by atoms with van der Waals surface area (Å²) in [7, 11) is 0. The first kappa shape index (κ1) is 24.2. The molecule has 0 radical (unpaired) electrons. The van der Waals surface area contributed by atoms with Crippen LogP contribution in [0, 0.1) is 0 Å². The topological polar surface area (TPSA) is 18.5 Å². The zero-order valence-electron chi connectivity index (χ0n) is 17.3. The summed E-state index contributed by atoms with van der Waals surface area (Å²) in [6.45, 7) is 1.77. The molecule has 0 aromatic rings. The van der Waals surface area contributed by atoms with Crippen molar-refractivity contribution in [2.45, 2.75) is 128 Å². The minimum Gasteiger partial charge on any atom is -0.353 e. The number of halogens is 1. The van der Waals surface area contributed by atoms with E-state index in [4.69, 9.17) is 21.1 Å². The van der Waals surface area contributed by atoms with Gasteiger partial charge in [-0.05, 0) is 32.1 Å². The molecule has 0 saturated carbocycles. The van der Waals surface area contributed by atoms with E-state index >= 15 is 0 Å². The highest BCUT2D eigenvalue weighted by molar-refractivity contribution is 6.17. The van der Waals surface area contributed by atoms with Gasteiger partial charge in [-0.15, -0.1) is 11.6 Å². The highest BCUT2D eigenvalue weighted by Crippen LogP contribution is 2.16. The summed E-state index contributed by atoms with van der Waals surface area (Å²) in [5.74, 6) is 0.838. The maximum Gasteiger partial charge on any atom is 0.157 e. The predicted molar refractivity (Wildman–Crippen MR) is 114 cm³/mol. The van der Waals surface area contributed by atoms with Crippen LogP contribution in [-0.4, -0.2) is 25.4 Å². The van der Waals surface area contributed by atoms with Crippen LogP contribution < -0.4 is 0 Å². The number of hydrogen-bond acceptors (Lipinski definition) is 2. The first-order chi connectivity index (χ1) is 12.9. The quantitative estimate of drug-likeness (QED) is 0.165. The second kappa shape index (κ2) is 20.0. The van der Waals surface area contributed by atoms with Gasteiger partial charge in [0.15, 0.2) is 6.29 Å². The number of unbranched alkanes of at least 4 members (excludes halogenated alkanes) is 15. The number of hydrogen-bond donors (Lipinski definition) is 0. The summed E-state index contributed by atoms with van der Waals surface area (Å²) >= 11 is 5.69. The molecule has 156 valence electrons. The minimum absolute atomic E-state index is 0.0969. The largest absolute Gasteiger partial charge is 0.353 e. The van der Waals surface area contributed by atoms with Crippen molar-refractivity contribution in [3.63, 3.8) is 0 Å². The summed E-state index contributed by atoms with van der Waals surface area (Å²) in [6, 6.07) is 0. The summed E-state index contributed by atoms with van der Waals surface area (Å²) in [4.78, 5) is 0. The maximum atomic E-state index is 5.78. The molecule has 1 unspecified atom stereocenters. The monoisotopic (exact) mass is 388 g/mol. The van der Waals surface area contributed by atoms with Gasteiger partial charge in [0.2, 0.25) is 0 Å². The van der Waals surface area contributed by atoms with Gasteiger partial charge in [0.1, 0.15) is 0 Å². The van der Waals surface area contributed by atoms with Gasteiger partial charge >= 0.3 is 0 Å². The van der Waals surface area contributed by atoms with E-state index < -0.39 is 0 Å². The average molecular weight is 389 g/mol. The van der Waals surface area contributed by atoms with Crippen molar-refractivity contribution in [1.29, 1.82) is 0 Å². The summed E-state index contributed by atoms with van der Waals surface area (Å²) in [5, 5.41) is 0. The van der Waals surface area contributed by atoms with E-state index in [9.17, 15) is 0 Å². The molecule has 26 heavy (non-hydrogen) atoms. The van der Waals surface area contributed by atoms with E-state index in [2.05, 4.69) is 0 Å². The average Bonchev–Trinajstić information content (AvgIpc) is 2.68. The molecule has 0 amide bonds. The normalized spacial score (nSPS) is 17.7. The van der Waals surface area contributed by atoms with Gasteiger partial charge in [-0.25, -0.2) is 0 Å². The fraction of sp³-hybridized carbons (Fsp3) is 1.00. The number of rotatable bonds is 19. The summed E-state index contributed by atoms with van der Waals surface area (Å²) in [6.07, 6.45) is 25.8. The lowest BCUT2D eigenvalue weighted by atomic mass is 10.0. The Morgan fingerprint density at radius 1 is 0.615 bits per heavy atom. The molecule has 0 aromatic heterocycles. The van der Waals surface area contributed by atoms with E-state index in [1.165, 1.54) is 116 Å². The van der Waals surface area contributed by atoms with E-state index in [1.54, 1.807) is 0 Å². The van der Waals surface area contributed by atoms with Gasteiger partial charge in [-0.2, -0.15) is 0 Å². The SMILES string of the molecule is ClCCCCCCCCCCCCCCCCCCOC1CCCCO1. The van der Waals surface area contributed by atoms with E-state index in [1.807, 2.05) is 0 Å². The van der Waals surface area contributed by atoms with E-state index in [0.29, 0.717) is 0 Å². The Balaban J connectivity index is 1.65. The first-order valence-corrected chi connectivity index (χ1v) is 12.3. The molecule has 1 atom stereocenters. The van der Waals surface area contributed by atoms with E-state index in [-0.39, 0.29) is 6.29 Å². The Hall–Kier alpha value is 0.210. The molecule has 1 aliphatic heterocycles. The highest BCUT2D eigenvalue weighted by atomic mass is 35.5. The van der Waals surface area contributed by atoms with Gasteiger partial charge in [0.25, 0.3) is 0 Å². The van der Waals surface area contributed by atoms with Crippen LogP contribution in [-0.2, 0) is 9.47 Å². The molecule has 2 nitrogen and oxygen atoms in total. The standard InChI is InChI=1S/C23H45ClO2/c24-20-16-13-11-9-7-5-3-1-2-4-6-8-10-12-14-17-21-25-23-19-15-18-22-26-23/h23H,1-22H2. The molecule has 1 heterocycles. The third-order valence-corrected chi connectivity index (χ3v) is 5.74. The molecule has 0 bridgehead atoms. The van der Waals surface area contributed by atoms with Crippen LogP contribution in [0.25, 0.3) is 0 Å². The molecule has 1 aliphatic rings. The second-order valence-electron chi connectivity index (χ2n) is 8.01. The van der Waals surface area contributed by atoms with Gasteiger partial charge < -0.3 is 9.47 Å². The Kier molecular flexibility index (Phi) is 18.6. The van der Waals surface area contributed by atoms with Crippen molar-refractivity contribution in [2.24, 2.45) is 0 Å². The molecular formula is C23H45ClO2. The van der Waals surface area contributed by atoms with Crippen molar-refractivity contribution in [3.8, 4) is 0 Å². The smallest absolute Gasteiger partial charge is 0.157 e. The molecule has 1 fully saturated rings. The lowest BCUT2D eigenvalue weighted by Crippen LogP contribution is -2.22. The van der Waals surface area contributed by atoms with Crippen LogP contribution >= 0.6 is 11.6 Å². The lowest BCUT2D eigenvalue weighted by Gasteiger charge is -2.22. The molecule has 0 aliphatic carbocycles. The van der Waals surface area contributed by atoms with Crippen LogP contribution in [0.5, 0.6) is 0 Å². The minimum atomic E-state index is 0.0969. The second-order valence-corrected chi connectivity index (χ2v) is 8.39. The molecule has 1 rings (SSSR count). The molecule has 3 heteroatoms. The van der Waals surface area contributed by atoms with Crippen molar-refractivity contribution in [3.05, 3.63) is 0 Å². The van der Waals surface area contributed by atoms with Crippen LogP contribution in [0.1, 0.15) is 122 Å². The summed E-state index contributed by atoms with van der Waals surface area (Å²) < 4.78 is 11.4. The number of ether oxygens (including phenoxy) is 2. The van der Waals surface area contributed by atoms with Gasteiger partial charge in [0, 0.05) is 19.1 Å². The fourth-order valence-electron chi connectivity index (χ4n) is 3.73. The predicted octanol–water partition coefficient (Wildman–Crippen LogP) is 8.01. The van der Waals surface area contributed by atoms with Gasteiger partial charge in [-0.3, -0.25) is 0 Å². The summed E-state index contributed by atoms with van der Waals surface area (Å²) in [5.41, 5.74) is 0. The van der Waals surface area contributed by atoms with Crippen molar-refractivity contribution >= 4 is 11.6 Å². The van der Waals surface area contributed by atoms with Crippen molar-refractivity contribution < 1.29 is 9.47 Å². The Morgan fingerprint density at radius 2 is 1.08 bits per heavy atom. The van der Waals surface area contributed by atoms with Gasteiger partial charge in [0.05, 0.1) is 0 Å². The molecule has 1 saturated heterocycles. The fourth-order valence-corrected chi connectivity index (χ4v) is 3.92. The number of alkyl halides is 1. The lowest BCUT2D eigenvalue weighted by molar-refractivity contribution is -0.162. The van der Waals surface area contributed by atoms with Crippen LogP contribution in [0.2, 0.25) is 0 Å². The molecule has 0 spiro atoms. The zero-order valence-corrected chi connectivity index (χ0v) is 18.1. The van der Waals surface area contributed by atoms with Gasteiger partial charge in [-0.1, -0.05) is 89.9 Å². The Morgan fingerprint density at radius 3 is 1.50 bits per heavy atom. The van der Waals surface area contributed by atoms with Crippen LogP contribution in [0.4, 0.5) is 0 Å². The van der Waals surface area contributed by atoms with Crippen molar-refractivity contribution in [2.75, 3.05) is 19.1 Å². The zero-order chi connectivity index (χ0) is 18.5. The third-order valence-electron chi connectivity index (χ3n) is 5.47. The van der Waals surface area contributed by atoms with Crippen LogP contribution in [0.15, 0.2) is 0 Å². The highest BCUT2D eigenvalue weighted by Gasteiger charge is 2.13. The Bertz CT molecular complexity index is 267. The molecule has 0 aromatic carbocycles. The van der Waals surface area contributed by atoms with Crippen LogP contribution in [0.3, 0.4) is 0 Å². The van der Waals surface area contributed by atoms with Crippen molar-refractivity contribution in [1.82, 2.24) is 0 Å². The molecule has 0 N–H and O–H groups in total. The maximum absolute atomic E-state index is 5.78.